The van der Waals surface area contributed by atoms with E-state index >= 15 is 0 Å². The average molecular weight is 165 g/mol. The molecule has 0 atom stereocenters. The first-order chi connectivity index (χ1) is 5.77. The Balaban J connectivity index is 2.47. The molecule has 2 N–H and O–H groups in total. The van der Waals surface area contributed by atoms with E-state index in [1.165, 1.54) is 11.4 Å². The quantitative estimate of drug-likeness (QED) is 0.537. The van der Waals surface area contributed by atoms with Crippen LogP contribution in [0.5, 0.6) is 0 Å². The van der Waals surface area contributed by atoms with Crippen molar-refractivity contribution in [3.63, 3.8) is 0 Å². The van der Waals surface area contributed by atoms with Crippen LogP contribution in [0, 0.1) is 0 Å². The summed E-state index contributed by atoms with van der Waals surface area (Å²) in [5, 5.41) is 1.45. The minimum atomic E-state index is -0.228. The molecule has 0 fully saturated rings. The predicted octanol–water partition coefficient (Wildman–Crippen LogP) is -0.606. The van der Waals surface area contributed by atoms with Gasteiger partial charge in [0, 0.05) is 7.05 Å². The van der Waals surface area contributed by atoms with E-state index in [-0.39, 0.29) is 5.91 Å². The first-order valence-corrected chi connectivity index (χ1v) is 3.39. The molecule has 0 saturated carbocycles. The molecule has 0 bridgehead atoms. The van der Waals surface area contributed by atoms with Gasteiger partial charge in [-0.2, -0.15) is 0 Å². The standard InChI is InChI=1S/C6H7N5O/c1-11-9-4-2-7-3-8-5(4)6(12)10-11/h2-3,9H,1H3,(H,10,12). The van der Waals surface area contributed by atoms with Crippen molar-refractivity contribution in [2.45, 2.75) is 0 Å². The number of aromatic nitrogens is 2. The second-order valence-electron chi connectivity index (χ2n) is 2.40. The number of hydrogen-bond donors (Lipinski definition) is 2. The van der Waals surface area contributed by atoms with E-state index in [1.807, 2.05) is 0 Å². The number of hydrogen-bond acceptors (Lipinski definition) is 5. The zero-order chi connectivity index (χ0) is 8.55. The Labute approximate surface area is 68.6 Å². The summed E-state index contributed by atoms with van der Waals surface area (Å²) in [6, 6.07) is 0. The molecule has 0 aromatic carbocycles. The number of rotatable bonds is 0. The number of nitrogens with zero attached hydrogens (tertiary/aromatic N) is 3. The number of anilines is 1. The van der Waals surface area contributed by atoms with E-state index < -0.39 is 0 Å². The van der Waals surface area contributed by atoms with E-state index in [0.717, 1.165) is 0 Å². The summed E-state index contributed by atoms with van der Waals surface area (Å²) in [5.74, 6) is -0.228. The molecule has 1 aliphatic heterocycles. The van der Waals surface area contributed by atoms with E-state index in [2.05, 4.69) is 20.8 Å². The first-order valence-electron chi connectivity index (χ1n) is 3.39. The van der Waals surface area contributed by atoms with Gasteiger partial charge in [-0.25, -0.2) is 9.97 Å². The maximum atomic E-state index is 11.2. The van der Waals surface area contributed by atoms with Gasteiger partial charge in [-0.1, -0.05) is 0 Å². The van der Waals surface area contributed by atoms with Crippen molar-refractivity contribution < 1.29 is 4.79 Å². The van der Waals surface area contributed by atoms with E-state index in [4.69, 9.17) is 0 Å². The van der Waals surface area contributed by atoms with Gasteiger partial charge in [-0.3, -0.25) is 15.6 Å². The van der Waals surface area contributed by atoms with E-state index in [1.54, 1.807) is 13.2 Å². The van der Waals surface area contributed by atoms with Gasteiger partial charge < -0.3 is 0 Å². The highest BCUT2D eigenvalue weighted by atomic mass is 16.2. The molecule has 6 nitrogen and oxygen atoms in total. The lowest BCUT2D eigenvalue weighted by Crippen LogP contribution is -2.47. The van der Waals surface area contributed by atoms with Crippen molar-refractivity contribution in [3.8, 4) is 0 Å². The van der Waals surface area contributed by atoms with Crippen molar-refractivity contribution in [2.24, 2.45) is 0 Å². The zero-order valence-electron chi connectivity index (χ0n) is 6.40. The monoisotopic (exact) mass is 165 g/mol. The van der Waals surface area contributed by atoms with Crippen LogP contribution in [0.1, 0.15) is 10.5 Å². The number of nitrogens with one attached hydrogen (secondary N) is 2. The third-order valence-corrected chi connectivity index (χ3v) is 1.48. The van der Waals surface area contributed by atoms with Crippen LogP contribution in [0.15, 0.2) is 12.5 Å². The molecule has 62 valence electrons. The maximum absolute atomic E-state index is 11.2. The van der Waals surface area contributed by atoms with Crippen LogP contribution >= 0.6 is 0 Å². The summed E-state index contributed by atoms with van der Waals surface area (Å²) < 4.78 is 0. The van der Waals surface area contributed by atoms with E-state index in [0.29, 0.717) is 11.4 Å². The molecule has 0 unspecified atom stereocenters. The Kier molecular flexibility index (Phi) is 1.41. The second kappa shape index (κ2) is 2.42. The van der Waals surface area contributed by atoms with Crippen molar-refractivity contribution in [1.29, 1.82) is 0 Å². The van der Waals surface area contributed by atoms with Gasteiger partial charge in [-0.15, -0.1) is 5.12 Å². The van der Waals surface area contributed by atoms with Crippen molar-refractivity contribution in [3.05, 3.63) is 18.2 Å². The van der Waals surface area contributed by atoms with Gasteiger partial charge in [-0.05, 0) is 0 Å². The molecule has 1 aliphatic rings. The molecule has 1 aromatic heterocycles. The van der Waals surface area contributed by atoms with E-state index in [9.17, 15) is 4.79 Å². The smallest absolute Gasteiger partial charge is 0.287 e. The molecule has 0 spiro atoms. The summed E-state index contributed by atoms with van der Waals surface area (Å²) in [4.78, 5) is 18.8. The maximum Gasteiger partial charge on any atom is 0.287 e. The number of fused-ring (bicyclic) bond motifs is 1. The van der Waals surface area contributed by atoms with Gasteiger partial charge in [0.15, 0.2) is 5.69 Å². The molecular weight excluding hydrogens is 158 g/mol. The molecule has 2 heterocycles. The van der Waals surface area contributed by atoms with Crippen LogP contribution in [0.2, 0.25) is 0 Å². The molecule has 0 aliphatic carbocycles. The van der Waals surface area contributed by atoms with Crippen LogP contribution in [0.3, 0.4) is 0 Å². The van der Waals surface area contributed by atoms with Crippen molar-refractivity contribution >= 4 is 11.6 Å². The van der Waals surface area contributed by atoms with Crippen molar-refractivity contribution in [2.75, 3.05) is 12.5 Å². The Morgan fingerprint density at radius 3 is 3.17 bits per heavy atom. The first kappa shape index (κ1) is 6.99. The highest BCUT2D eigenvalue weighted by molar-refractivity contribution is 5.98. The Hall–Kier alpha value is -1.69. The van der Waals surface area contributed by atoms with Gasteiger partial charge in [0.25, 0.3) is 5.91 Å². The summed E-state index contributed by atoms with van der Waals surface area (Å²) in [6.45, 7) is 0. The van der Waals surface area contributed by atoms with Crippen LogP contribution < -0.4 is 10.9 Å². The lowest BCUT2D eigenvalue weighted by molar-refractivity contribution is 0.0832. The number of carbonyl (C=O) groups excluding carboxylic acids is 1. The molecule has 0 saturated heterocycles. The summed E-state index contributed by atoms with van der Waals surface area (Å²) in [7, 11) is 1.69. The normalized spacial score (nSPS) is 16.2. The number of hydrazine groups is 2. The van der Waals surface area contributed by atoms with Gasteiger partial charge in [0.05, 0.1) is 6.20 Å². The Morgan fingerprint density at radius 1 is 1.50 bits per heavy atom. The average Bonchev–Trinajstić information content (AvgIpc) is 2.04. The fourth-order valence-corrected chi connectivity index (χ4v) is 1.01. The largest absolute Gasteiger partial charge is 0.298 e. The third kappa shape index (κ3) is 0.978. The molecular formula is C6H7N5O. The molecule has 6 heteroatoms. The fraction of sp³-hybridized carbons (Fsp3) is 0.167. The predicted molar refractivity (Wildman–Crippen MR) is 40.9 cm³/mol. The topological polar surface area (TPSA) is 70.2 Å². The lowest BCUT2D eigenvalue weighted by atomic mass is 10.3. The minimum absolute atomic E-state index is 0.228. The van der Waals surface area contributed by atoms with Gasteiger partial charge >= 0.3 is 0 Å². The summed E-state index contributed by atoms with van der Waals surface area (Å²) >= 11 is 0. The molecule has 12 heavy (non-hydrogen) atoms. The van der Waals surface area contributed by atoms with Gasteiger partial charge in [0.1, 0.15) is 12.0 Å². The van der Waals surface area contributed by atoms with Crippen LogP contribution in [-0.4, -0.2) is 28.0 Å². The highest BCUT2D eigenvalue weighted by Gasteiger charge is 2.20. The summed E-state index contributed by atoms with van der Waals surface area (Å²) in [5.41, 5.74) is 6.37. The fourth-order valence-electron chi connectivity index (χ4n) is 1.01. The van der Waals surface area contributed by atoms with Crippen LogP contribution in [0.4, 0.5) is 5.69 Å². The Bertz CT molecular complexity index is 325. The minimum Gasteiger partial charge on any atom is -0.298 e. The molecule has 1 aromatic rings. The highest BCUT2D eigenvalue weighted by Crippen LogP contribution is 2.13. The third-order valence-electron chi connectivity index (χ3n) is 1.48. The number of carbonyl (C=O) groups is 1. The lowest BCUT2D eigenvalue weighted by Gasteiger charge is -2.25. The van der Waals surface area contributed by atoms with Crippen LogP contribution in [-0.2, 0) is 0 Å². The second-order valence-corrected chi connectivity index (χ2v) is 2.40. The summed E-state index contributed by atoms with van der Waals surface area (Å²) in [6.07, 6.45) is 2.89. The molecule has 1 amide bonds. The van der Waals surface area contributed by atoms with Gasteiger partial charge in [0.2, 0.25) is 0 Å². The van der Waals surface area contributed by atoms with Crippen LogP contribution in [0.25, 0.3) is 0 Å². The SMILES string of the molecule is CN1NC(=O)c2ncncc2N1. The Morgan fingerprint density at radius 2 is 2.33 bits per heavy atom. The van der Waals surface area contributed by atoms with Crippen molar-refractivity contribution in [1.82, 2.24) is 20.5 Å². The zero-order valence-corrected chi connectivity index (χ0v) is 6.40. The molecule has 2 rings (SSSR count). The number of amides is 1. The molecule has 0 radical (unpaired) electrons.